The quantitative estimate of drug-likeness (QED) is 0.330. The van der Waals surface area contributed by atoms with E-state index in [2.05, 4.69) is 31.2 Å². The van der Waals surface area contributed by atoms with Gasteiger partial charge < -0.3 is 4.74 Å². The number of nitriles is 1. The lowest BCUT2D eigenvalue weighted by Gasteiger charge is -2.32. The summed E-state index contributed by atoms with van der Waals surface area (Å²) in [5, 5.41) is 8.43. The molecule has 30 heavy (non-hydrogen) atoms. The second-order valence-corrected chi connectivity index (χ2v) is 9.09. The van der Waals surface area contributed by atoms with Gasteiger partial charge in [0.2, 0.25) is 0 Å². The molecule has 2 nitrogen and oxygen atoms in total. The molecule has 0 N–H and O–H groups in total. The molecule has 1 aromatic carbocycles. The Hall–Kier alpha value is -1.92. The highest BCUT2D eigenvalue weighted by Gasteiger charge is 2.25. The fourth-order valence-corrected chi connectivity index (χ4v) is 4.96. The zero-order valence-electron chi connectivity index (χ0n) is 18.4. The lowest BCUT2D eigenvalue weighted by atomic mass is 9.79. The highest BCUT2D eigenvalue weighted by atomic mass is 19.1. The maximum atomic E-state index is 12.8. The molecule has 2 saturated carbocycles. The van der Waals surface area contributed by atoms with E-state index in [-0.39, 0.29) is 0 Å². The third kappa shape index (κ3) is 7.10. The molecule has 2 aliphatic carbocycles. The molecule has 0 heterocycles. The average Bonchev–Trinajstić information content (AvgIpc) is 2.79. The van der Waals surface area contributed by atoms with Gasteiger partial charge in [0.15, 0.2) is 5.83 Å². The topological polar surface area (TPSA) is 33.0 Å². The van der Waals surface area contributed by atoms with Crippen molar-refractivity contribution in [1.82, 2.24) is 0 Å². The van der Waals surface area contributed by atoms with Gasteiger partial charge in [0.1, 0.15) is 6.07 Å². The predicted octanol–water partition coefficient (Wildman–Crippen LogP) is 7.42. The van der Waals surface area contributed by atoms with E-state index >= 15 is 0 Å². The predicted molar refractivity (Wildman–Crippen MR) is 121 cm³/mol. The van der Waals surface area contributed by atoms with Crippen molar-refractivity contribution in [3.05, 3.63) is 59.4 Å². The first-order valence-electron chi connectivity index (χ1n) is 11.8. The Labute approximate surface area is 181 Å². The number of rotatable bonds is 8. The molecule has 0 bridgehead atoms. The third-order valence-electron chi connectivity index (χ3n) is 6.86. The number of nitrogens with zero attached hydrogens (tertiary/aromatic N) is 1. The van der Waals surface area contributed by atoms with Crippen molar-refractivity contribution in [3.63, 3.8) is 0 Å². The lowest BCUT2D eigenvalue weighted by molar-refractivity contribution is -0.00456. The minimum atomic E-state index is -0.730. The molecule has 0 radical (unpaired) electrons. The van der Waals surface area contributed by atoms with Gasteiger partial charge >= 0.3 is 0 Å². The van der Waals surface area contributed by atoms with E-state index in [0.29, 0.717) is 17.9 Å². The average molecular weight is 410 g/mol. The van der Waals surface area contributed by atoms with Gasteiger partial charge in [0.05, 0.1) is 6.10 Å². The van der Waals surface area contributed by atoms with E-state index in [0.717, 1.165) is 38.2 Å². The van der Waals surface area contributed by atoms with E-state index in [1.54, 1.807) is 6.08 Å². The van der Waals surface area contributed by atoms with Crippen LogP contribution in [0, 0.1) is 23.2 Å². The van der Waals surface area contributed by atoms with Gasteiger partial charge in [-0.1, -0.05) is 49.8 Å². The van der Waals surface area contributed by atoms with Crippen molar-refractivity contribution < 1.29 is 9.13 Å². The van der Waals surface area contributed by atoms with Crippen LogP contribution in [0.4, 0.5) is 4.39 Å². The van der Waals surface area contributed by atoms with Gasteiger partial charge in [-0.3, -0.25) is 0 Å². The van der Waals surface area contributed by atoms with Gasteiger partial charge in [-0.2, -0.15) is 9.65 Å². The molecule has 0 unspecified atom stereocenters. The van der Waals surface area contributed by atoms with Crippen LogP contribution in [0.15, 0.2) is 48.3 Å². The van der Waals surface area contributed by atoms with Gasteiger partial charge in [-0.25, -0.2) is 0 Å². The van der Waals surface area contributed by atoms with Crippen LogP contribution in [-0.2, 0) is 11.2 Å². The number of aryl methyl sites for hydroxylation is 1. The van der Waals surface area contributed by atoms with Crippen molar-refractivity contribution in [2.45, 2.75) is 83.2 Å². The first-order chi connectivity index (χ1) is 14.7. The molecule has 0 amide bonds. The van der Waals surface area contributed by atoms with Crippen LogP contribution >= 0.6 is 0 Å². The molecule has 0 aliphatic heterocycles. The lowest BCUT2D eigenvalue weighted by Crippen LogP contribution is -2.25. The second-order valence-electron chi connectivity index (χ2n) is 9.09. The molecule has 2 aliphatic rings. The molecule has 0 saturated heterocycles. The molecule has 3 heteroatoms. The zero-order valence-corrected chi connectivity index (χ0v) is 18.4. The fraction of sp³-hybridized carbons (Fsp3) is 0.593. The Balaban J connectivity index is 1.33. The maximum Gasteiger partial charge on any atom is 0.199 e. The Kier molecular flexibility index (Phi) is 9.15. The van der Waals surface area contributed by atoms with Gasteiger partial charge in [-0.15, -0.1) is 0 Å². The summed E-state index contributed by atoms with van der Waals surface area (Å²) in [6, 6.07) is 10.8. The molecule has 1 aromatic rings. The largest absolute Gasteiger partial charge is 0.378 e. The minimum Gasteiger partial charge on any atom is -0.378 e. The summed E-state index contributed by atoms with van der Waals surface area (Å²) in [5.41, 5.74) is 2.98. The normalized spacial score (nSPS) is 27.8. The minimum absolute atomic E-state index is 0.380. The van der Waals surface area contributed by atoms with Crippen LogP contribution in [-0.4, -0.2) is 12.7 Å². The van der Waals surface area contributed by atoms with Crippen molar-refractivity contribution >= 4 is 0 Å². The van der Waals surface area contributed by atoms with Crippen LogP contribution < -0.4 is 0 Å². The van der Waals surface area contributed by atoms with Crippen LogP contribution in [0.2, 0.25) is 0 Å². The summed E-state index contributed by atoms with van der Waals surface area (Å²) in [6.45, 7) is 3.14. The number of ether oxygens (including phenoxy) is 1. The number of hydrogen-bond acceptors (Lipinski definition) is 2. The Morgan fingerprint density at radius 1 is 1.07 bits per heavy atom. The molecular weight excluding hydrogens is 373 g/mol. The van der Waals surface area contributed by atoms with E-state index in [1.807, 2.05) is 6.08 Å². The summed E-state index contributed by atoms with van der Waals surface area (Å²) in [4.78, 5) is 0. The first-order valence-corrected chi connectivity index (χ1v) is 11.8. The number of halogens is 1. The van der Waals surface area contributed by atoms with Crippen LogP contribution in [0.25, 0.3) is 0 Å². The van der Waals surface area contributed by atoms with Crippen LogP contribution in [0.5, 0.6) is 0 Å². The Morgan fingerprint density at radius 3 is 2.40 bits per heavy atom. The highest BCUT2D eigenvalue weighted by Crippen LogP contribution is 2.36. The van der Waals surface area contributed by atoms with Gasteiger partial charge in [0, 0.05) is 6.61 Å². The molecule has 0 aromatic heterocycles. The van der Waals surface area contributed by atoms with Crippen molar-refractivity contribution in [2.24, 2.45) is 11.8 Å². The molecule has 0 atom stereocenters. The standard InChI is InChI=1S/C27H36FNO/c1-2-4-21-7-13-24(14-8-21)25-15-9-23(10-16-25)20-30-27-17-11-22(12-18-27)5-3-6-26(28)19-29/h3,5-8,13-14,22-23,25,27H,2,4,9-12,15-18,20H2,1H3/b5-3+,26-6-. The smallest absolute Gasteiger partial charge is 0.199 e. The van der Waals surface area contributed by atoms with Crippen molar-refractivity contribution in [1.29, 1.82) is 5.26 Å². The molecule has 3 rings (SSSR count). The summed E-state index contributed by atoms with van der Waals surface area (Å²) < 4.78 is 19.1. The van der Waals surface area contributed by atoms with Crippen LogP contribution in [0.3, 0.4) is 0 Å². The fourth-order valence-electron chi connectivity index (χ4n) is 4.96. The number of allylic oxidation sites excluding steroid dienone is 4. The molecular formula is C27H36FNO. The summed E-state index contributed by atoms with van der Waals surface area (Å²) in [5.74, 6) is 1.18. The summed E-state index contributed by atoms with van der Waals surface area (Å²) in [6.07, 6.45) is 17.2. The van der Waals surface area contributed by atoms with Crippen molar-refractivity contribution in [3.8, 4) is 6.07 Å². The molecule has 2 fully saturated rings. The Bertz CT molecular complexity index is 729. The SMILES string of the molecule is CCCc1ccc(C2CCC(COC3CCC(/C=C/C=C(\F)C#N)CC3)CC2)cc1. The van der Waals surface area contributed by atoms with E-state index in [1.165, 1.54) is 61.8 Å². The van der Waals surface area contributed by atoms with Crippen molar-refractivity contribution in [2.75, 3.05) is 6.61 Å². The monoisotopic (exact) mass is 409 g/mol. The second kappa shape index (κ2) is 12.1. The summed E-state index contributed by atoms with van der Waals surface area (Å²) >= 11 is 0. The Morgan fingerprint density at radius 2 is 1.77 bits per heavy atom. The molecule has 162 valence electrons. The first kappa shape index (κ1) is 22.8. The number of benzene rings is 1. The third-order valence-corrected chi connectivity index (χ3v) is 6.86. The van der Waals surface area contributed by atoms with Gasteiger partial charge in [0.25, 0.3) is 0 Å². The maximum absolute atomic E-state index is 12.8. The number of hydrogen-bond donors (Lipinski definition) is 0. The van der Waals surface area contributed by atoms with E-state index in [4.69, 9.17) is 10.00 Å². The van der Waals surface area contributed by atoms with Crippen LogP contribution in [0.1, 0.15) is 81.8 Å². The highest BCUT2D eigenvalue weighted by molar-refractivity contribution is 5.26. The zero-order chi connectivity index (χ0) is 21.2. The van der Waals surface area contributed by atoms with Gasteiger partial charge in [-0.05, 0) is 92.7 Å². The molecule has 0 spiro atoms. The summed E-state index contributed by atoms with van der Waals surface area (Å²) in [7, 11) is 0. The van der Waals surface area contributed by atoms with E-state index < -0.39 is 5.83 Å². The van der Waals surface area contributed by atoms with E-state index in [9.17, 15) is 4.39 Å².